The number of fused-ring (bicyclic) bond motifs is 1. The van der Waals surface area contributed by atoms with E-state index in [4.69, 9.17) is 11.6 Å². The van der Waals surface area contributed by atoms with E-state index in [2.05, 4.69) is 18.3 Å². The Bertz CT molecular complexity index is 516. The molecule has 1 amide bonds. The zero-order valence-corrected chi connectivity index (χ0v) is 12.0. The second-order valence-corrected chi connectivity index (χ2v) is 6.53. The van der Waals surface area contributed by atoms with E-state index in [-0.39, 0.29) is 5.91 Å². The normalized spacial score (nSPS) is 19.8. The molecule has 18 heavy (non-hydrogen) atoms. The third-order valence-corrected chi connectivity index (χ3v) is 4.59. The lowest BCUT2D eigenvalue weighted by Crippen LogP contribution is -2.20. The fourth-order valence-corrected chi connectivity index (χ4v) is 3.59. The molecule has 1 aromatic rings. The van der Waals surface area contributed by atoms with E-state index in [1.165, 1.54) is 16.2 Å². The van der Waals surface area contributed by atoms with Gasteiger partial charge in [-0.1, -0.05) is 6.92 Å². The molecule has 96 valence electrons. The maximum atomic E-state index is 11.6. The highest BCUT2D eigenvalue weighted by molar-refractivity contribution is 7.16. The van der Waals surface area contributed by atoms with Crippen molar-refractivity contribution >= 4 is 33.8 Å². The van der Waals surface area contributed by atoms with E-state index in [1.807, 2.05) is 0 Å². The number of nitrogens with one attached hydrogen (secondary N) is 1. The lowest BCUT2D eigenvalue weighted by atomic mass is 9.89. The van der Waals surface area contributed by atoms with Crippen LogP contribution < -0.4 is 5.32 Å². The molecular weight excluding hydrogens is 268 g/mol. The molecule has 0 fully saturated rings. The number of nitrogens with zero attached hydrogens (tertiary/aromatic N) is 1. The molecule has 0 saturated heterocycles. The van der Waals surface area contributed by atoms with Crippen LogP contribution in [0.1, 0.15) is 36.3 Å². The Balaban J connectivity index is 2.32. The molecule has 0 unspecified atom stereocenters. The first kappa shape index (κ1) is 13.4. The molecule has 1 aliphatic rings. The third-order valence-electron chi connectivity index (χ3n) is 3.22. The van der Waals surface area contributed by atoms with Gasteiger partial charge in [0, 0.05) is 4.88 Å². The molecule has 1 N–H and O–H groups in total. The maximum absolute atomic E-state index is 11.6. The minimum Gasteiger partial charge on any atom is -0.315 e. The number of alkyl halides is 1. The minimum atomic E-state index is -0.588. The molecule has 5 heteroatoms. The first-order valence-corrected chi connectivity index (χ1v) is 7.27. The molecule has 0 aliphatic heterocycles. The van der Waals surface area contributed by atoms with E-state index in [0.29, 0.717) is 16.5 Å². The second kappa shape index (κ2) is 5.29. The number of hydrogen-bond acceptors (Lipinski definition) is 3. The van der Waals surface area contributed by atoms with Crippen molar-refractivity contribution in [1.82, 2.24) is 0 Å². The van der Waals surface area contributed by atoms with Crippen LogP contribution in [0, 0.1) is 17.2 Å². The maximum Gasteiger partial charge on any atom is 0.242 e. The highest BCUT2D eigenvalue weighted by Gasteiger charge is 2.25. The van der Waals surface area contributed by atoms with Gasteiger partial charge >= 0.3 is 0 Å². The number of carbonyl (C=O) groups excluding carboxylic acids is 1. The number of anilines is 1. The number of thiophene rings is 1. The highest BCUT2D eigenvalue weighted by atomic mass is 35.5. The van der Waals surface area contributed by atoms with Crippen LogP contribution in [0.15, 0.2) is 0 Å². The third kappa shape index (κ3) is 2.52. The Morgan fingerprint density at radius 1 is 1.67 bits per heavy atom. The molecule has 0 radical (unpaired) electrons. The quantitative estimate of drug-likeness (QED) is 0.846. The van der Waals surface area contributed by atoms with Gasteiger partial charge in [-0.2, -0.15) is 5.26 Å². The molecule has 0 saturated carbocycles. The number of rotatable bonds is 2. The molecule has 0 aromatic carbocycles. The Labute approximate surface area is 116 Å². The van der Waals surface area contributed by atoms with E-state index in [0.717, 1.165) is 24.8 Å². The van der Waals surface area contributed by atoms with Crippen molar-refractivity contribution in [3.05, 3.63) is 16.0 Å². The van der Waals surface area contributed by atoms with Gasteiger partial charge in [0.05, 0.1) is 5.56 Å². The van der Waals surface area contributed by atoms with Crippen molar-refractivity contribution < 1.29 is 4.79 Å². The highest BCUT2D eigenvalue weighted by Crippen LogP contribution is 2.39. The summed E-state index contributed by atoms with van der Waals surface area (Å²) in [5.74, 6) is 0.401. The first-order chi connectivity index (χ1) is 8.52. The molecule has 1 heterocycles. The Morgan fingerprint density at radius 3 is 3.00 bits per heavy atom. The summed E-state index contributed by atoms with van der Waals surface area (Å²) >= 11 is 7.26. The van der Waals surface area contributed by atoms with Crippen molar-refractivity contribution in [1.29, 1.82) is 5.26 Å². The summed E-state index contributed by atoms with van der Waals surface area (Å²) in [7, 11) is 0. The van der Waals surface area contributed by atoms with Crippen LogP contribution >= 0.6 is 22.9 Å². The first-order valence-electron chi connectivity index (χ1n) is 6.02. The summed E-state index contributed by atoms with van der Waals surface area (Å²) in [6, 6.07) is 2.22. The zero-order chi connectivity index (χ0) is 13.3. The summed E-state index contributed by atoms with van der Waals surface area (Å²) in [5, 5.41) is 12.1. The molecular formula is C13H15ClN2OS. The minimum absolute atomic E-state index is 0.250. The van der Waals surface area contributed by atoms with Gasteiger partial charge in [-0.3, -0.25) is 4.79 Å². The average Bonchev–Trinajstić information content (AvgIpc) is 2.64. The van der Waals surface area contributed by atoms with E-state index < -0.39 is 5.38 Å². The zero-order valence-electron chi connectivity index (χ0n) is 10.4. The molecule has 3 nitrogen and oxygen atoms in total. The van der Waals surface area contributed by atoms with Gasteiger partial charge in [-0.25, -0.2) is 0 Å². The van der Waals surface area contributed by atoms with Crippen molar-refractivity contribution in [3.63, 3.8) is 0 Å². The van der Waals surface area contributed by atoms with Crippen molar-refractivity contribution in [2.24, 2.45) is 5.92 Å². The summed E-state index contributed by atoms with van der Waals surface area (Å²) in [6.45, 7) is 3.84. The average molecular weight is 283 g/mol. The Kier molecular flexibility index (Phi) is 3.94. The lowest BCUT2D eigenvalue weighted by Gasteiger charge is -2.17. The standard InChI is InChI=1S/C13H15ClN2OS/c1-7-3-4-9-10(6-15)13(18-11(9)5-7)16-12(17)8(2)14/h7-8H,3-5H2,1-2H3,(H,16,17)/t7-,8+/m0/s1. The largest absolute Gasteiger partial charge is 0.315 e. The fourth-order valence-electron chi connectivity index (χ4n) is 2.17. The Hall–Kier alpha value is -1.05. The monoisotopic (exact) mass is 282 g/mol. The summed E-state index contributed by atoms with van der Waals surface area (Å²) in [5.41, 5.74) is 1.76. The van der Waals surface area contributed by atoms with Crippen LogP contribution in [0.25, 0.3) is 0 Å². The molecule has 2 rings (SSSR count). The topological polar surface area (TPSA) is 52.9 Å². The number of carbonyl (C=O) groups is 1. The molecule has 1 aromatic heterocycles. The predicted octanol–water partition coefficient (Wildman–Crippen LogP) is 3.31. The second-order valence-electron chi connectivity index (χ2n) is 4.77. The van der Waals surface area contributed by atoms with Crippen molar-refractivity contribution in [3.8, 4) is 6.07 Å². The van der Waals surface area contributed by atoms with Gasteiger partial charge in [0.1, 0.15) is 16.4 Å². The number of amides is 1. The SMILES string of the molecule is C[C@H]1CCc2c(sc(NC(=O)[C@@H](C)Cl)c2C#N)C1. The fraction of sp³-hybridized carbons (Fsp3) is 0.538. The molecule has 1 aliphatic carbocycles. The smallest absolute Gasteiger partial charge is 0.242 e. The van der Waals surface area contributed by atoms with Crippen LogP contribution in [-0.4, -0.2) is 11.3 Å². The van der Waals surface area contributed by atoms with E-state index >= 15 is 0 Å². The van der Waals surface area contributed by atoms with Gasteiger partial charge in [0.15, 0.2) is 0 Å². The van der Waals surface area contributed by atoms with Gasteiger partial charge in [-0.15, -0.1) is 22.9 Å². The van der Waals surface area contributed by atoms with Crippen LogP contribution in [0.5, 0.6) is 0 Å². The van der Waals surface area contributed by atoms with Crippen LogP contribution in [0.4, 0.5) is 5.00 Å². The molecule has 0 spiro atoms. The summed E-state index contributed by atoms with van der Waals surface area (Å²) in [4.78, 5) is 12.9. The van der Waals surface area contributed by atoms with Crippen molar-refractivity contribution in [2.75, 3.05) is 5.32 Å². The number of hydrogen-bond donors (Lipinski definition) is 1. The summed E-state index contributed by atoms with van der Waals surface area (Å²) < 4.78 is 0. The number of nitriles is 1. The molecule has 0 bridgehead atoms. The van der Waals surface area contributed by atoms with Crippen LogP contribution in [0.2, 0.25) is 0 Å². The van der Waals surface area contributed by atoms with Gasteiger partial charge in [0.2, 0.25) is 5.91 Å². The van der Waals surface area contributed by atoms with E-state index in [1.54, 1.807) is 6.92 Å². The summed E-state index contributed by atoms with van der Waals surface area (Å²) in [6.07, 6.45) is 3.04. The molecule has 2 atom stereocenters. The Morgan fingerprint density at radius 2 is 2.39 bits per heavy atom. The van der Waals surface area contributed by atoms with E-state index in [9.17, 15) is 10.1 Å². The van der Waals surface area contributed by atoms with Gasteiger partial charge in [-0.05, 0) is 37.7 Å². The predicted molar refractivity (Wildman–Crippen MR) is 74.2 cm³/mol. The van der Waals surface area contributed by atoms with Gasteiger partial charge < -0.3 is 5.32 Å². The lowest BCUT2D eigenvalue weighted by molar-refractivity contribution is -0.115. The van der Waals surface area contributed by atoms with Crippen molar-refractivity contribution in [2.45, 2.75) is 38.5 Å². The van der Waals surface area contributed by atoms with Crippen LogP contribution in [-0.2, 0) is 17.6 Å². The van der Waals surface area contributed by atoms with Crippen LogP contribution in [0.3, 0.4) is 0 Å². The van der Waals surface area contributed by atoms with Gasteiger partial charge in [0.25, 0.3) is 0 Å². The number of halogens is 1.